The molecule has 0 spiro atoms. The average Bonchev–Trinajstić information content (AvgIpc) is 3.07. The van der Waals surface area contributed by atoms with Crippen LogP contribution in [0, 0.1) is 0 Å². The van der Waals surface area contributed by atoms with Crippen LogP contribution in [0.3, 0.4) is 0 Å². The number of carbonyl (C=O) groups is 1. The fourth-order valence-electron chi connectivity index (χ4n) is 2.44. The highest BCUT2D eigenvalue weighted by Gasteiger charge is 2.21. The topological polar surface area (TPSA) is 49.6 Å². The van der Waals surface area contributed by atoms with Crippen LogP contribution >= 0.6 is 11.6 Å². The number of halogens is 1. The van der Waals surface area contributed by atoms with Gasteiger partial charge in [0.05, 0.1) is 17.0 Å². The molecule has 0 radical (unpaired) electrons. The lowest BCUT2D eigenvalue weighted by Crippen LogP contribution is -2.48. The van der Waals surface area contributed by atoms with Crippen molar-refractivity contribution in [1.29, 1.82) is 0 Å². The summed E-state index contributed by atoms with van der Waals surface area (Å²) in [6.07, 6.45) is 8.19. The Morgan fingerprint density at radius 1 is 1.27 bits per heavy atom. The quantitative estimate of drug-likeness (QED) is 0.817. The van der Waals surface area contributed by atoms with Crippen molar-refractivity contribution in [1.82, 2.24) is 9.88 Å². The van der Waals surface area contributed by atoms with Gasteiger partial charge in [-0.3, -0.25) is 9.78 Å². The highest BCUT2D eigenvalue weighted by molar-refractivity contribution is 6.33. The maximum atomic E-state index is 12.1. The maximum absolute atomic E-state index is 12.1. The Bertz CT molecular complexity index is 662. The lowest BCUT2D eigenvalue weighted by atomic mass is 10.2. The van der Waals surface area contributed by atoms with Crippen molar-refractivity contribution >= 4 is 29.3 Å². The molecule has 0 saturated carbocycles. The molecular formula is C16H16ClN3O2. The summed E-state index contributed by atoms with van der Waals surface area (Å²) >= 11 is 6.16. The molecule has 1 amide bonds. The molecule has 3 heterocycles. The van der Waals surface area contributed by atoms with Gasteiger partial charge in [-0.1, -0.05) is 11.6 Å². The first-order valence-corrected chi connectivity index (χ1v) is 7.47. The van der Waals surface area contributed by atoms with E-state index in [0.29, 0.717) is 23.9 Å². The van der Waals surface area contributed by atoms with Crippen molar-refractivity contribution in [3.63, 3.8) is 0 Å². The van der Waals surface area contributed by atoms with Crippen LogP contribution in [0.15, 0.2) is 47.3 Å². The van der Waals surface area contributed by atoms with E-state index in [-0.39, 0.29) is 5.91 Å². The number of carbonyl (C=O) groups excluding carboxylic acids is 1. The molecule has 1 fully saturated rings. The molecule has 0 aliphatic carbocycles. The van der Waals surface area contributed by atoms with E-state index < -0.39 is 0 Å². The molecule has 1 saturated heterocycles. The predicted molar refractivity (Wildman–Crippen MR) is 85.8 cm³/mol. The maximum Gasteiger partial charge on any atom is 0.246 e. The Kier molecular flexibility index (Phi) is 4.44. The minimum atomic E-state index is -0.00289. The normalized spacial score (nSPS) is 15.5. The number of hydrogen-bond acceptors (Lipinski definition) is 4. The molecule has 6 heteroatoms. The Morgan fingerprint density at radius 3 is 2.77 bits per heavy atom. The van der Waals surface area contributed by atoms with Crippen LogP contribution in [0.1, 0.15) is 5.76 Å². The molecule has 1 aliphatic rings. The number of nitrogens with zero attached hydrogens (tertiary/aromatic N) is 3. The number of amides is 1. The van der Waals surface area contributed by atoms with Crippen molar-refractivity contribution in [3.8, 4) is 0 Å². The fraction of sp³-hybridized carbons (Fsp3) is 0.250. The van der Waals surface area contributed by atoms with Gasteiger partial charge in [0.25, 0.3) is 0 Å². The van der Waals surface area contributed by atoms with E-state index in [9.17, 15) is 4.79 Å². The second-order valence-corrected chi connectivity index (χ2v) is 5.40. The van der Waals surface area contributed by atoms with Gasteiger partial charge < -0.3 is 14.2 Å². The van der Waals surface area contributed by atoms with E-state index in [1.54, 1.807) is 36.9 Å². The first-order chi connectivity index (χ1) is 10.7. The first kappa shape index (κ1) is 14.7. The van der Waals surface area contributed by atoms with Crippen molar-refractivity contribution in [2.45, 2.75) is 0 Å². The zero-order valence-electron chi connectivity index (χ0n) is 12.0. The third kappa shape index (κ3) is 3.31. The van der Waals surface area contributed by atoms with E-state index in [0.717, 1.165) is 18.8 Å². The number of pyridine rings is 1. The highest BCUT2D eigenvalue weighted by atomic mass is 35.5. The van der Waals surface area contributed by atoms with Crippen LogP contribution in [0.2, 0.25) is 5.02 Å². The molecule has 5 nitrogen and oxygen atoms in total. The third-order valence-electron chi connectivity index (χ3n) is 3.62. The second-order valence-electron chi connectivity index (χ2n) is 4.99. The molecule has 0 N–H and O–H groups in total. The van der Waals surface area contributed by atoms with Gasteiger partial charge in [0.15, 0.2) is 0 Å². The Hall–Kier alpha value is -2.27. The van der Waals surface area contributed by atoms with E-state index >= 15 is 0 Å². The minimum Gasteiger partial charge on any atom is -0.465 e. The van der Waals surface area contributed by atoms with Gasteiger partial charge in [-0.05, 0) is 24.3 Å². The van der Waals surface area contributed by atoms with E-state index in [2.05, 4.69) is 9.88 Å². The molecule has 0 unspecified atom stereocenters. The third-order valence-corrected chi connectivity index (χ3v) is 3.91. The molecular weight excluding hydrogens is 302 g/mol. The monoisotopic (exact) mass is 317 g/mol. The van der Waals surface area contributed by atoms with Crippen molar-refractivity contribution < 1.29 is 9.21 Å². The van der Waals surface area contributed by atoms with Crippen molar-refractivity contribution in [2.24, 2.45) is 0 Å². The molecule has 0 aromatic carbocycles. The van der Waals surface area contributed by atoms with Gasteiger partial charge in [0.2, 0.25) is 5.91 Å². The molecule has 0 atom stereocenters. The lowest BCUT2D eigenvalue weighted by Gasteiger charge is -2.35. The lowest BCUT2D eigenvalue weighted by molar-refractivity contribution is -0.126. The van der Waals surface area contributed by atoms with Crippen LogP contribution < -0.4 is 4.90 Å². The van der Waals surface area contributed by atoms with Crippen LogP contribution in [0.5, 0.6) is 0 Å². The molecule has 2 aromatic rings. The summed E-state index contributed by atoms with van der Waals surface area (Å²) in [5.41, 5.74) is 0.967. The number of anilines is 1. The van der Waals surface area contributed by atoms with E-state index in [4.69, 9.17) is 16.0 Å². The summed E-state index contributed by atoms with van der Waals surface area (Å²) in [6, 6.07) is 5.51. The summed E-state index contributed by atoms with van der Waals surface area (Å²) in [4.78, 5) is 20.1. The van der Waals surface area contributed by atoms with Crippen molar-refractivity contribution in [3.05, 3.63) is 53.7 Å². The van der Waals surface area contributed by atoms with Crippen molar-refractivity contribution in [2.75, 3.05) is 31.1 Å². The fourth-order valence-corrected chi connectivity index (χ4v) is 2.68. The Labute approximate surface area is 133 Å². The minimum absolute atomic E-state index is 0.00289. The zero-order valence-corrected chi connectivity index (χ0v) is 12.7. The molecule has 22 heavy (non-hydrogen) atoms. The van der Waals surface area contributed by atoms with Crippen LogP contribution in [0.4, 0.5) is 5.69 Å². The number of piperazine rings is 1. The number of rotatable bonds is 3. The standard InChI is InChI=1S/C16H16ClN3O2/c17-14-12-18-6-5-15(14)19-7-9-20(10-8-19)16(21)4-3-13-2-1-11-22-13/h1-6,11-12H,7-10H2. The smallest absolute Gasteiger partial charge is 0.246 e. The summed E-state index contributed by atoms with van der Waals surface area (Å²) in [5.74, 6) is 0.674. The van der Waals surface area contributed by atoms with Gasteiger partial charge >= 0.3 is 0 Å². The molecule has 0 bridgehead atoms. The summed E-state index contributed by atoms with van der Waals surface area (Å²) in [7, 11) is 0. The van der Waals surface area contributed by atoms with Gasteiger partial charge in [-0.25, -0.2) is 0 Å². The van der Waals surface area contributed by atoms with Crippen LogP contribution in [0.25, 0.3) is 6.08 Å². The molecule has 3 rings (SSSR count). The number of aromatic nitrogens is 1. The average molecular weight is 318 g/mol. The SMILES string of the molecule is O=C(C=Cc1ccco1)N1CCN(c2ccncc2Cl)CC1. The number of furan rings is 1. The van der Waals surface area contributed by atoms with E-state index in [1.165, 1.54) is 0 Å². The second kappa shape index (κ2) is 6.66. The van der Waals surface area contributed by atoms with E-state index in [1.807, 2.05) is 17.0 Å². The van der Waals surface area contributed by atoms with Gasteiger partial charge in [-0.15, -0.1) is 0 Å². The Morgan fingerprint density at radius 2 is 2.09 bits per heavy atom. The first-order valence-electron chi connectivity index (χ1n) is 7.09. The van der Waals surface area contributed by atoms with Gasteiger partial charge in [0, 0.05) is 44.6 Å². The van der Waals surface area contributed by atoms with Crippen LogP contribution in [-0.2, 0) is 4.79 Å². The molecule has 1 aliphatic heterocycles. The summed E-state index contributed by atoms with van der Waals surface area (Å²) in [6.45, 7) is 2.84. The Balaban J connectivity index is 1.57. The predicted octanol–water partition coefficient (Wildman–Crippen LogP) is 2.69. The molecule has 114 valence electrons. The summed E-state index contributed by atoms with van der Waals surface area (Å²) in [5, 5.41) is 0.639. The highest BCUT2D eigenvalue weighted by Crippen LogP contribution is 2.25. The zero-order chi connectivity index (χ0) is 15.4. The molecule has 2 aromatic heterocycles. The van der Waals surface area contributed by atoms with Crippen LogP contribution in [-0.4, -0.2) is 42.0 Å². The van der Waals surface area contributed by atoms with Gasteiger partial charge in [0.1, 0.15) is 5.76 Å². The largest absolute Gasteiger partial charge is 0.465 e. The number of hydrogen-bond donors (Lipinski definition) is 0. The van der Waals surface area contributed by atoms with Gasteiger partial charge in [-0.2, -0.15) is 0 Å². The summed E-state index contributed by atoms with van der Waals surface area (Å²) < 4.78 is 5.17.